The van der Waals surface area contributed by atoms with Crippen LogP contribution in [-0.4, -0.2) is 67.3 Å². The summed E-state index contributed by atoms with van der Waals surface area (Å²) in [6.07, 6.45) is 2.04. The van der Waals surface area contributed by atoms with Gasteiger partial charge in [0.15, 0.2) is 0 Å². The predicted molar refractivity (Wildman–Crippen MR) is 120 cm³/mol. The number of ether oxygens (including phenoxy) is 3. The van der Waals surface area contributed by atoms with Crippen LogP contribution >= 0.6 is 11.3 Å². The second kappa shape index (κ2) is 10.8. The Morgan fingerprint density at radius 3 is 2.69 bits per heavy atom. The highest BCUT2D eigenvalue weighted by Crippen LogP contribution is 2.34. The van der Waals surface area contributed by atoms with Crippen molar-refractivity contribution >= 4 is 34.2 Å². The van der Waals surface area contributed by atoms with Crippen molar-refractivity contribution < 1.29 is 28.6 Å². The van der Waals surface area contributed by atoms with E-state index in [4.69, 9.17) is 14.2 Å². The number of anilines is 1. The first-order valence-corrected chi connectivity index (χ1v) is 11.3. The van der Waals surface area contributed by atoms with Gasteiger partial charge in [-0.25, -0.2) is 9.59 Å². The maximum Gasteiger partial charge on any atom is 0.348 e. The van der Waals surface area contributed by atoms with Crippen LogP contribution in [0.1, 0.15) is 51.2 Å². The van der Waals surface area contributed by atoms with Gasteiger partial charge in [-0.2, -0.15) is 0 Å². The number of hydrogen-bond donors (Lipinski definition) is 1. The summed E-state index contributed by atoms with van der Waals surface area (Å²) in [7, 11) is 1.51. The monoisotopic (exact) mass is 463 g/mol. The van der Waals surface area contributed by atoms with Crippen LogP contribution in [0.15, 0.2) is 18.3 Å². The minimum Gasteiger partial charge on any atom is -0.462 e. The number of methoxy groups -OCH3 is 1. The first-order valence-electron chi connectivity index (χ1n) is 10.5. The molecule has 174 valence electrons. The van der Waals surface area contributed by atoms with Crippen molar-refractivity contribution in [2.45, 2.75) is 33.4 Å². The summed E-state index contributed by atoms with van der Waals surface area (Å²) in [5, 5.41) is 3.11. The number of carbonyl (C=O) groups excluding carboxylic acids is 3. The van der Waals surface area contributed by atoms with E-state index in [-0.39, 0.29) is 53.8 Å². The van der Waals surface area contributed by atoms with Gasteiger partial charge in [0.2, 0.25) is 5.91 Å². The van der Waals surface area contributed by atoms with Crippen molar-refractivity contribution in [3.63, 3.8) is 0 Å². The molecule has 2 aromatic heterocycles. The minimum absolute atomic E-state index is 0.0884. The third kappa shape index (κ3) is 5.20. The van der Waals surface area contributed by atoms with Gasteiger partial charge in [-0.1, -0.05) is 0 Å². The summed E-state index contributed by atoms with van der Waals surface area (Å²) >= 11 is 1.02. The largest absolute Gasteiger partial charge is 0.462 e. The van der Waals surface area contributed by atoms with Crippen LogP contribution < -0.4 is 5.32 Å². The van der Waals surface area contributed by atoms with Crippen molar-refractivity contribution in [3.05, 3.63) is 40.0 Å². The van der Waals surface area contributed by atoms with Crippen LogP contribution in [0.4, 0.5) is 5.00 Å². The fraction of sp³-hybridized carbons (Fsp3) is 0.500. The molecule has 32 heavy (non-hydrogen) atoms. The molecule has 1 N–H and O–H groups in total. The molecule has 1 aliphatic rings. The molecule has 10 heteroatoms. The van der Waals surface area contributed by atoms with E-state index in [0.29, 0.717) is 5.56 Å². The molecule has 2 aromatic rings. The van der Waals surface area contributed by atoms with E-state index in [9.17, 15) is 14.4 Å². The summed E-state index contributed by atoms with van der Waals surface area (Å²) in [6, 6.07) is 4.14. The number of fused-ring (bicyclic) bond motifs is 1. The van der Waals surface area contributed by atoms with E-state index in [2.05, 4.69) is 27.8 Å². The smallest absolute Gasteiger partial charge is 0.348 e. The molecule has 0 spiro atoms. The lowest BCUT2D eigenvalue weighted by Gasteiger charge is -2.34. The fourth-order valence-corrected chi connectivity index (χ4v) is 4.83. The van der Waals surface area contributed by atoms with Gasteiger partial charge in [0.25, 0.3) is 0 Å². The lowest BCUT2D eigenvalue weighted by atomic mass is 10.1. The maximum atomic E-state index is 12.9. The molecule has 0 aromatic carbocycles. The zero-order valence-electron chi connectivity index (χ0n) is 18.8. The molecule has 0 fully saturated rings. The predicted octanol–water partition coefficient (Wildman–Crippen LogP) is 2.85. The van der Waals surface area contributed by atoms with Crippen LogP contribution in [0.2, 0.25) is 0 Å². The molecule has 0 radical (unpaired) electrons. The van der Waals surface area contributed by atoms with Crippen molar-refractivity contribution in [2.24, 2.45) is 0 Å². The molecule has 0 aliphatic carbocycles. The van der Waals surface area contributed by atoms with Gasteiger partial charge in [-0.05, 0) is 38.5 Å². The highest BCUT2D eigenvalue weighted by atomic mass is 32.1. The molecular formula is C22H29N3O6S. The lowest BCUT2D eigenvalue weighted by Crippen LogP contribution is -2.41. The molecule has 0 bridgehead atoms. The van der Waals surface area contributed by atoms with Crippen LogP contribution in [0.5, 0.6) is 0 Å². The van der Waals surface area contributed by atoms with Crippen LogP contribution in [0.3, 0.4) is 0 Å². The van der Waals surface area contributed by atoms with Gasteiger partial charge in [-0.3, -0.25) is 9.69 Å². The fourth-order valence-electron chi connectivity index (χ4n) is 3.72. The number of rotatable bonds is 9. The Bertz CT molecular complexity index is 982. The second-order valence-corrected chi connectivity index (χ2v) is 8.45. The first kappa shape index (κ1) is 24.0. The summed E-state index contributed by atoms with van der Waals surface area (Å²) in [5.74, 6) is -1.42. The highest BCUT2D eigenvalue weighted by molar-refractivity contribution is 7.18. The van der Waals surface area contributed by atoms with E-state index < -0.39 is 11.9 Å². The number of amides is 1. The summed E-state index contributed by atoms with van der Waals surface area (Å²) in [6.45, 7) is 7.66. The normalized spacial score (nSPS) is 15.8. The van der Waals surface area contributed by atoms with E-state index in [1.54, 1.807) is 13.8 Å². The van der Waals surface area contributed by atoms with Crippen LogP contribution in [0.25, 0.3) is 0 Å². The van der Waals surface area contributed by atoms with Crippen molar-refractivity contribution in [2.75, 3.05) is 45.3 Å². The molecule has 1 aliphatic heterocycles. The number of thiophene rings is 1. The lowest BCUT2D eigenvalue weighted by molar-refractivity contribution is -0.118. The quantitative estimate of drug-likeness (QED) is 0.451. The molecule has 3 heterocycles. The van der Waals surface area contributed by atoms with Gasteiger partial charge in [0.1, 0.15) is 16.5 Å². The number of hydrogen-bond acceptors (Lipinski definition) is 8. The Kier molecular flexibility index (Phi) is 8.05. The van der Waals surface area contributed by atoms with Gasteiger partial charge < -0.3 is 24.1 Å². The number of aromatic nitrogens is 1. The van der Waals surface area contributed by atoms with E-state index >= 15 is 0 Å². The third-order valence-electron chi connectivity index (χ3n) is 5.40. The third-order valence-corrected chi connectivity index (χ3v) is 6.59. The van der Waals surface area contributed by atoms with Crippen molar-refractivity contribution in [3.8, 4) is 0 Å². The van der Waals surface area contributed by atoms with Crippen LogP contribution in [-0.2, 0) is 25.5 Å². The molecule has 1 unspecified atom stereocenters. The molecule has 9 nitrogen and oxygen atoms in total. The Morgan fingerprint density at radius 2 is 1.97 bits per heavy atom. The van der Waals surface area contributed by atoms with Crippen LogP contribution in [0, 0.1) is 6.92 Å². The number of carbonyl (C=O) groups is 3. The van der Waals surface area contributed by atoms with E-state index in [1.807, 2.05) is 12.3 Å². The number of nitrogens with zero attached hydrogens (tertiary/aromatic N) is 2. The SMILES string of the molecule is CCOC(=O)c1c(NC(=O)CN2CCn3cccc3C2C)sc(C(=O)OCCOC)c1C. The van der Waals surface area contributed by atoms with Gasteiger partial charge >= 0.3 is 11.9 Å². The zero-order valence-corrected chi connectivity index (χ0v) is 19.6. The molecule has 1 amide bonds. The summed E-state index contributed by atoms with van der Waals surface area (Å²) < 4.78 is 17.4. The Hall–Kier alpha value is -2.69. The Balaban J connectivity index is 1.76. The molecule has 0 saturated heterocycles. The Labute approximate surface area is 191 Å². The minimum atomic E-state index is -0.586. The molecule has 1 atom stereocenters. The van der Waals surface area contributed by atoms with E-state index in [0.717, 1.165) is 30.1 Å². The van der Waals surface area contributed by atoms with E-state index in [1.165, 1.54) is 7.11 Å². The molecule has 3 rings (SSSR count). The van der Waals surface area contributed by atoms with Crippen molar-refractivity contribution in [1.29, 1.82) is 0 Å². The van der Waals surface area contributed by atoms with Gasteiger partial charge in [-0.15, -0.1) is 11.3 Å². The highest BCUT2D eigenvalue weighted by Gasteiger charge is 2.29. The molecular weight excluding hydrogens is 434 g/mol. The number of esters is 2. The average Bonchev–Trinajstić information content (AvgIpc) is 3.35. The Morgan fingerprint density at radius 1 is 1.19 bits per heavy atom. The summed E-state index contributed by atoms with van der Waals surface area (Å²) in [5.41, 5.74) is 1.77. The first-order chi connectivity index (χ1) is 15.4. The second-order valence-electron chi connectivity index (χ2n) is 7.43. The topological polar surface area (TPSA) is 99.1 Å². The van der Waals surface area contributed by atoms with Gasteiger partial charge in [0.05, 0.1) is 25.3 Å². The summed E-state index contributed by atoms with van der Waals surface area (Å²) in [4.78, 5) is 40.2. The zero-order chi connectivity index (χ0) is 23.3. The van der Waals surface area contributed by atoms with Gasteiger partial charge in [0, 0.05) is 38.1 Å². The standard InChI is InChI=1S/C22H29N3O6S/c1-5-30-21(27)18-14(2)19(22(28)31-12-11-29-4)32-20(18)23-17(26)13-25-10-9-24-8-6-7-16(24)15(25)3/h6-8,15H,5,9-13H2,1-4H3,(H,23,26). The molecule has 0 saturated carbocycles. The maximum absolute atomic E-state index is 12.9. The number of nitrogens with one attached hydrogen (secondary N) is 1. The van der Waals surface area contributed by atoms with Crippen molar-refractivity contribution in [1.82, 2.24) is 9.47 Å². The average molecular weight is 464 g/mol.